The molecule has 1 amide bonds. The van der Waals surface area contributed by atoms with Crippen LogP contribution in [0.4, 0.5) is 0 Å². The van der Waals surface area contributed by atoms with Crippen molar-refractivity contribution in [2.24, 2.45) is 0 Å². The van der Waals surface area contributed by atoms with Gasteiger partial charge in [0, 0.05) is 25.0 Å². The minimum atomic E-state index is -0.259. The van der Waals surface area contributed by atoms with Crippen LogP contribution in [0.25, 0.3) is 0 Å². The van der Waals surface area contributed by atoms with E-state index in [4.69, 9.17) is 0 Å². The van der Waals surface area contributed by atoms with Gasteiger partial charge >= 0.3 is 0 Å². The molecular formula is C12H18N2O2S. The van der Waals surface area contributed by atoms with Crippen molar-refractivity contribution in [1.82, 2.24) is 9.80 Å². The number of β-amino-alcohol motifs (C(OH)–C–C–N with tert-alkyl or cyclic N) is 1. The second kappa shape index (κ2) is 5.62. The molecule has 2 rings (SSSR count). The molecule has 0 bridgehead atoms. The third kappa shape index (κ3) is 3.52. The van der Waals surface area contributed by atoms with Crippen LogP contribution >= 0.6 is 11.3 Å². The number of likely N-dealkylation sites (tertiary alicyclic amines) is 1. The molecule has 0 spiro atoms. The second-order valence-corrected chi connectivity index (χ2v) is 5.54. The highest BCUT2D eigenvalue weighted by Crippen LogP contribution is 2.12. The zero-order chi connectivity index (χ0) is 12.3. The number of carbonyl (C=O) groups is 1. The fourth-order valence-corrected chi connectivity index (χ4v) is 2.75. The van der Waals surface area contributed by atoms with Crippen molar-refractivity contribution in [1.29, 1.82) is 0 Å². The molecule has 1 aliphatic rings. The standard InChI is InChI=1S/C12H18N2O2S/c1-13(8-11-3-2-6-17-11)12(16)9-14-5-4-10(15)7-14/h2-3,6,10,15H,4-5,7-9H2,1H3/t10-/m1/s1. The predicted octanol–water partition coefficient (Wildman–Crippen LogP) is 0.773. The van der Waals surface area contributed by atoms with Gasteiger partial charge in [0.25, 0.3) is 0 Å². The first-order valence-electron chi connectivity index (χ1n) is 5.82. The number of aliphatic hydroxyl groups excluding tert-OH is 1. The van der Waals surface area contributed by atoms with E-state index in [0.717, 1.165) is 13.0 Å². The molecule has 0 unspecified atom stereocenters. The Balaban J connectivity index is 1.79. The van der Waals surface area contributed by atoms with Gasteiger partial charge in [0.15, 0.2) is 0 Å². The lowest BCUT2D eigenvalue weighted by Crippen LogP contribution is -2.37. The summed E-state index contributed by atoms with van der Waals surface area (Å²) in [6.45, 7) is 2.53. The first-order valence-corrected chi connectivity index (χ1v) is 6.70. The molecule has 0 aromatic carbocycles. The van der Waals surface area contributed by atoms with E-state index >= 15 is 0 Å². The number of likely N-dealkylation sites (N-methyl/N-ethyl adjacent to an activating group) is 1. The zero-order valence-corrected chi connectivity index (χ0v) is 10.8. The van der Waals surface area contributed by atoms with Crippen molar-refractivity contribution >= 4 is 17.2 Å². The Morgan fingerprint density at radius 3 is 3.12 bits per heavy atom. The number of hydrogen-bond acceptors (Lipinski definition) is 4. The number of amides is 1. The van der Waals surface area contributed by atoms with E-state index in [0.29, 0.717) is 19.6 Å². The van der Waals surface area contributed by atoms with Crippen molar-refractivity contribution in [2.75, 3.05) is 26.7 Å². The van der Waals surface area contributed by atoms with Crippen LogP contribution in [-0.4, -0.2) is 53.6 Å². The molecule has 2 heterocycles. The topological polar surface area (TPSA) is 43.8 Å². The van der Waals surface area contributed by atoms with Crippen molar-refractivity contribution in [3.63, 3.8) is 0 Å². The first kappa shape index (κ1) is 12.5. The van der Waals surface area contributed by atoms with Gasteiger partial charge < -0.3 is 10.0 Å². The fourth-order valence-electron chi connectivity index (χ4n) is 1.99. The fraction of sp³-hybridized carbons (Fsp3) is 0.583. The third-order valence-electron chi connectivity index (χ3n) is 3.01. The number of aliphatic hydroxyl groups is 1. The summed E-state index contributed by atoms with van der Waals surface area (Å²) in [5.41, 5.74) is 0. The highest BCUT2D eigenvalue weighted by Gasteiger charge is 2.23. The summed E-state index contributed by atoms with van der Waals surface area (Å²) in [6, 6.07) is 4.03. The monoisotopic (exact) mass is 254 g/mol. The molecule has 94 valence electrons. The van der Waals surface area contributed by atoms with Crippen LogP contribution in [0, 0.1) is 0 Å². The van der Waals surface area contributed by atoms with Crippen LogP contribution in [0.5, 0.6) is 0 Å². The smallest absolute Gasteiger partial charge is 0.236 e. The summed E-state index contributed by atoms with van der Waals surface area (Å²) in [5, 5.41) is 11.4. The number of nitrogens with zero attached hydrogens (tertiary/aromatic N) is 2. The van der Waals surface area contributed by atoms with E-state index in [2.05, 4.69) is 0 Å². The minimum Gasteiger partial charge on any atom is -0.392 e. The van der Waals surface area contributed by atoms with Gasteiger partial charge in [-0.25, -0.2) is 0 Å². The number of hydrogen-bond donors (Lipinski definition) is 1. The molecule has 17 heavy (non-hydrogen) atoms. The van der Waals surface area contributed by atoms with Crippen LogP contribution in [0.3, 0.4) is 0 Å². The van der Waals surface area contributed by atoms with Crippen molar-refractivity contribution < 1.29 is 9.90 Å². The quantitative estimate of drug-likeness (QED) is 0.863. The molecule has 1 fully saturated rings. The maximum atomic E-state index is 11.9. The Morgan fingerprint density at radius 2 is 2.53 bits per heavy atom. The molecule has 1 N–H and O–H groups in total. The van der Waals surface area contributed by atoms with E-state index < -0.39 is 0 Å². The molecule has 0 saturated carbocycles. The number of thiophene rings is 1. The Morgan fingerprint density at radius 1 is 1.71 bits per heavy atom. The Labute approximate surface area is 105 Å². The molecule has 1 aromatic heterocycles. The molecule has 0 radical (unpaired) electrons. The summed E-state index contributed by atoms with van der Waals surface area (Å²) in [6.07, 6.45) is 0.521. The van der Waals surface area contributed by atoms with Crippen molar-refractivity contribution in [3.05, 3.63) is 22.4 Å². The van der Waals surface area contributed by atoms with Gasteiger partial charge in [0.05, 0.1) is 19.2 Å². The lowest BCUT2D eigenvalue weighted by Gasteiger charge is -2.20. The summed E-state index contributed by atoms with van der Waals surface area (Å²) in [7, 11) is 1.83. The molecule has 1 aromatic rings. The van der Waals surface area contributed by atoms with Gasteiger partial charge in [-0.15, -0.1) is 11.3 Å². The highest BCUT2D eigenvalue weighted by atomic mass is 32.1. The van der Waals surface area contributed by atoms with E-state index in [1.54, 1.807) is 16.2 Å². The summed E-state index contributed by atoms with van der Waals surface area (Å²) in [4.78, 5) is 16.9. The van der Waals surface area contributed by atoms with Gasteiger partial charge in [-0.3, -0.25) is 9.69 Å². The van der Waals surface area contributed by atoms with Crippen molar-refractivity contribution in [3.8, 4) is 0 Å². The predicted molar refractivity (Wildman–Crippen MR) is 67.9 cm³/mol. The third-order valence-corrected chi connectivity index (χ3v) is 3.87. The van der Waals surface area contributed by atoms with E-state index in [-0.39, 0.29) is 12.0 Å². The Hall–Kier alpha value is -0.910. The average molecular weight is 254 g/mol. The molecular weight excluding hydrogens is 236 g/mol. The van der Waals surface area contributed by atoms with Crippen LogP contribution < -0.4 is 0 Å². The lowest BCUT2D eigenvalue weighted by atomic mass is 10.3. The van der Waals surface area contributed by atoms with Gasteiger partial charge in [-0.1, -0.05) is 6.07 Å². The zero-order valence-electron chi connectivity index (χ0n) is 10.0. The molecule has 1 aliphatic heterocycles. The van der Waals surface area contributed by atoms with Crippen LogP contribution in [0.2, 0.25) is 0 Å². The van der Waals surface area contributed by atoms with Gasteiger partial charge in [-0.2, -0.15) is 0 Å². The molecule has 1 saturated heterocycles. The number of carbonyl (C=O) groups excluding carboxylic acids is 1. The second-order valence-electron chi connectivity index (χ2n) is 4.51. The molecule has 4 nitrogen and oxygen atoms in total. The van der Waals surface area contributed by atoms with Crippen LogP contribution in [0.15, 0.2) is 17.5 Å². The molecule has 0 aliphatic carbocycles. The highest BCUT2D eigenvalue weighted by molar-refractivity contribution is 7.09. The van der Waals surface area contributed by atoms with E-state index in [1.165, 1.54) is 4.88 Å². The van der Waals surface area contributed by atoms with Gasteiger partial charge in [0.1, 0.15) is 0 Å². The van der Waals surface area contributed by atoms with E-state index in [9.17, 15) is 9.90 Å². The summed E-state index contributed by atoms with van der Waals surface area (Å²) < 4.78 is 0. The summed E-state index contributed by atoms with van der Waals surface area (Å²) in [5.74, 6) is 0.118. The van der Waals surface area contributed by atoms with Gasteiger partial charge in [0.2, 0.25) is 5.91 Å². The maximum Gasteiger partial charge on any atom is 0.236 e. The SMILES string of the molecule is CN(Cc1cccs1)C(=O)CN1CC[C@@H](O)C1. The van der Waals surface area contributed by atoms with Crippen LogP contribution in [-0.2, 0) is 11.3 Å². The van der Waals surface area contributed by atoms with Crippen LogP contribution in [0.1, 0.15) is 11.3 Å². The first-order chi connectivity index (χ1) is 8.15. The normalized spacial score (nSPS) is 20.7. The number of rotatable bonds is 4. The lowest BCUT2D eigenvalue weighted by molar-refractivity contribution is -0.131. The average Bonchev–Trinajstić information content (AvgIpc) is 2.90. The Bertz CT molecular complexity index is 367. The Kier molecular flexibility index (Phi) is 4.15. The molecule has 5 heteroatoms. The molecule has 1 atom stereocenters. The maximum absolute atomic E-state index is 11.9. The van der Waals surface area contributed by atoms with Gasteiger partial charge in [-0.05, 0) is 17.9 Å². The largest absolute Gasteiger partial charge is 0.392 e. The summed E-state index contributed by atoms with van der Waals surface area (Å²) >= 11 is 1.66. The minimum absolute atomic E-state index is 0.118. The van der Waals surface area contributed by atoms with Crippen molar-refractivity contribution in [2.45, 2.75) is 19.1 Å². The van der Waals surface area contributed by atoms with E-state index in [1.807, 2.05) is 29.5 Å².